The molecule has 0 atom stereocenters. The molecule has 0 unspecified atom stereocenters. The van der Waals surface area contributed by atoms with Crippen molar-refractivity contribution in [2.45, 2.75) is 19.4 Å². The molecule has 0 aliphatic heterocycles. The fourth-order valence-electron chi connectivity index (χ4n) is 2.01. The molecule has 1 aromatic carbocycles. The summed E-state index contributed by atoms with van der Waals surface area (Å²) in [5, 5.41) is 8.49. The Morgan fingerprint density at radius 1 is 1.26 bits per heavy atom. The molecule has 118 valence electrons. The number of halogens is 1. The first-order chi connectivity index (χ1) is 11.2. The molecular formula is C16H14FN3O2S. The topological polar surface area (TPSA) is 68.0 Å². The van der Waals surface area contributed by atoms with E-state index in [4.69, 9.17) is 4.52 Å². The molecule has 3 rings (SSSR count). The lowest BCUT2D eigenvalue weighted by Gasteiger charge is -2.05. The maximum Gasteiger partial charge on any atom is 0.227 e. The number of hydrogen-bond donors (Lipinski definition) is 1. The zero-order valence-corrected chi connectivity index (χ0v) is 13.0. The first-order valence-electron chi connectivity index (χ1n) is 7.09. The fourth-order valence-corrected chi connectivity index (χ4v) is 2.66. The predicted octanol–water partition coefficient (Wildman–Crippen LogP) is 3.19. The molecule has 2 aromatic heterocycles. The van der Waals surface area contributed by atoms with Crippen molar-refractivity contribution in [3.8, 4) is 10.7 Å². The third-order valence-corrected chi connectivity index (χ3v) is 4.08. The molecule has 0 aliphatic rings. The van der Waals surface area contributed by atoms with Crippen LogP contribution < -0.4 is 5.32 Å². The fraction of sp³-hybridized carbons (Fsp3) is 0.188. The molecule has 0 saturated heterocycles. The first-order valence-corrected chi connectivity index (χ1v) is 7.97. The molecule has 0 spiro atoms. The van der Waals surface area contributed by atoms with Gasteiger partial charge in [-0.3, -0.25) is 4.79 Å². The van der Waals surface area contributed by atoms with E-state index in [0.717, 1.165) is 4.88 Å². The van der Waals surface area contributed by atoms with Crippen molar-refractivity contribution in [2.75, 3.05) is 0 Å². The number of nitrogens with zero attached hydrogens (tertiary/aromatic N) is 2. The molecular weight excluding hydrogens is 317 g/mol. The first kappa shape index (κ1) is 15.4. The minimum atomic E-state index is -0.328. The van der Waals surface area contributed by atoms with Gasteiger partial charge in [0.1, 0.15) is 5.82 Å². The van der Waals surface area contributed by atoms with Gasteiger partial charge in [0, 0.05) is 24.9 Å². The van der Waals surface area contributed by atoms with Crippen LogP contribution >= 0.6 is 11.3 Å². The molecule has 0 aliphatic carbocycles. The van der Waals surface area contributed by atoms with Gasteiger partial charge in [-0.2, -0.15) is 4.98 Å². The van der Waals surface area contributed by atoms with Crippen LogP contribution in [0.15, 0.2) is 46.3 Å². The Kier molecular flexibility index (Phi) is 4.77. The van der Waals surface area contributed by atoms with Crippen molar-refractivity contribution in [3.05, 3.63) is 59.0 Å². The standard InChI is InChI=1S/C16H14FN3O2S/c17-12-5-2-1-4-11(12)10-18-14(21)7-8-15-19-16(20-22-15)13-6-3-9-23-13/h1-6,9H,7-8,10H2,(H,18,21). The van der Waals surface area contributed by atoms with E-state index in [2.05, 4.69) is 15.5 Å². The van der Waals surface area contributed by atoms with Crippen LogP contribution in [0, 0.1) is 5.82 Å². The number of nitrogens with one attached hydrogen (secondary N) is 1. The lowest BCUT2D eigenvalue weighted by atomic mass is 10.2. The van der Waals surface area contributed by atoms with Gasteiger partial charge in [0.25, 0.3) is 0 Å². The van der Waals surface area contributed by atoms with Crippen molar-refractivity contribution < 1.29 is 13.7 Å². The maximum atomic E-state index is 13.4. The van der Waals surface area contributed by atoms with Crippen molar-refractivity contribution >= 4 is 17.2 Å². The summed E-state index contributed by atoms with van der Waals surface area (Å²) in [5.74, 6) is 0.422. The quantitative estimate of drug-likeness (QED) is 0.753. The van der Waals surface area contributed by atoms with E-state index in [9.17, 15) is 9.18 Å². The molecule has 3 aromatic rings. The van der Waals surface area contributed by atoms with E-state index >= 15 is 0 Å². The monoisotopic (exact) mass is 331 g/mol. The van der Waals surface area contributed by atoms with Gasteiger partial charge in [0.2, 0.25) is 17.6 Å². The van der Waals surface area contributed by atoms with Crippen LogP contribution in [-0.2, 0) is 17.8 Å². The summed E-state index contributed by atoms with van der Waals surface area (Å²) in [6.07, 6.45) is 0.558. The number of rotatable bonds is 6. The molecule has 0 radical (unpaired) electrons. The minimum Gasteiger partial charge on any atom is -0.352 e. The molecule has 0 bridgehead atoms. The lowest BCUT2D eigenvalue weighted by molar-refractivity contribution is -0.121. The molecule has 1 amide bonds. The second kappa shape index (κ2) is 7.15. The van der Waals surface area contributed by atoms with Gasteiger partial charge < -0.3 is 9.84 Å². The van der Waals surface area contributed by atoms with Gasteiger partial charge in [0.05, 0.1) is 4.88 Å². The van der Waals surface area contributed by atoms with Crippen LogP contribution in [0.4, 0.5) is 4.39 Å². The number of carbonyl (C=O) groups is 1. The van der Waals surface area contributed by atoms with Gasteiger partial charge in [-0.25, -0.2) is 4.39 Å². The molecule has 7 heteroatoms. The van der Waals surface area contributed by atoms with Crippen molar-refractivity contribution in [1.29, 1.82) is 0 Å². The molecule has 5 nitrogen and oxygen atoms in total. The number of carbonyl (C=O) groups excluding carboxylic acids is 1. The highest BCUT2D eigenvalue weighted by molar-refractivity contribution is 7.13. The maximum absolute atomic E-state index is 13.4. The number of hydrogen-bond acceptors (Lipinski definition) is 5. The smallest absolute Gasteiger partial charge is 0.227 e. The third kappa shape index (κ3) is 4.01. The normalized spacial score (nSPS) is 10.7. The van der Waals surface area contributed by atoms with Gasteiger partial charge in [0.15, 0.2) is 0 Å². The number of benzene rings is 1. The zero-order chi connectivity index (χ0) is 16.1. The van der Waals surface area contributed by atoms with E-state index in [-0.39, 0.29) is 24.7 Å². The highest BCUT2D eigenvalue weighted by Gasteiger charge is 2.11. The van der Waals surface area contributed by atoms with Crippen LogP contribution in [0.3, 0.4) is 0 Å². The number of aromatic nitrogens is 2. The Labute approximate surface area is 136 Å². The van der Waals surface area contributed by atoms with Crippen LogP contribution in [0.25, 0.3) is 10.7 Å². The molecule has 23 heavy (non-hydrogen) atoms. The summed E-state index contributed by atoms with van der Waals surface area (Å²) in [7, 11) is 0. The minimum absolute atomic E-state index is 0.162. The predicted molar refractivity (Wildman–Crippen MR) is 84.2 cm³/mol. The summed E-state index contributed by atoms with van der Waals surface area (Å²) in [5.41, 5.74) is 0.457. The summed E-state index contributed by atoms with van der Waals surface area (Å²) < 4.78 is 18.6. The van der Waals surface area contributed by atoms with Gasteiger partial charge in [-0.1, -0.05) is 29.4 Å². The van der Waals surface area contributed by atoms with E-state index in [1.165, 1.54) is 17.4 Å². The highest BCUT2D eigenvalue weighted by atomic mass is 32.1. The Morgan fingerprint density at radius 2 is 2.13 bits per heavy atom. The second-order valence-electron chi connectivity index (χ2n) is 4.86. The summed E-state index contributed by atoms with van der Waals surface area (Å²) >= 11 is 1.52. The number of aryl methyl sites for hydroxylation is 1. The van der Waals surface area contributed by atoms with Crippen molar-refractivity contribution in [2.24, 2.45) is 0 Å². The molecule has 1 N–H and O–H groups in total. The van der Waals surface area contributed by atoms with Gasteiger partial charge in [-0.05, 0) is 17.5 Å². The van der Waals surface area contributed by atoms with Crippen LogP contribution in [0.1, 0.15) is 17.9 Å². The van der Waals surface area contributed by atoms with Crippen molar-refractivity contribution in [1.82, 2.24) is 15.5 Å². The van der Waals surface area contributed by atoms with Crippen LogP contribution in [-0.4, -0.2) is 16.0 Å². The Balaban J connectivity index is 1.49. The Bertz CT molecular complexity index is 786. The Hall–Kier alpha value is -2.54. The molecule has 0 fully saturated rings. The van der Waals surface area contributed by atoms with Crippen molar-refractivity contribution in [3.63, 3.8) is 0 Å². The van der Waals surface area contributed by atoms with Crippen LogP contribution in [0.2, 0.25) is 0 Å². The van der Waals surface area contributed by atoms with Crippen LogP contribution in [0.5, 0.6) is 0 Å². The van der Waals surface area contributed by atoms with Gasteiger partial charge in [-0.15, -0.1) is 11.3 Å². The van der Waals surface area contributed by atoms with Gasteiger partial charge >= 0.3 is 0 Å². The van der Waals surface area contributed by atoms with E-state index < -0.39 is 0 Å². The average molecular weight is 331 g/mol. The summed E-state index contributed by atoms with van der Waals surface area (Å²) in [4.78, 5) is 17.0. The molecule has 2 heterocycles. The molecule has 0 saturated carbocycles. The summed E-state index contributed by atoms with van der Waals surface area (Å²) in [6, 6.07) is 10.2. The average Bonchev–Trinajstić information content (AvgIpc) is 3.23. The summed E-state index contributed by atoms with van der Waals surface area (Å²) in [6.45, 7) is 0.162. The largest absolute Gasteiger partial charge is 0.352 e. The second-order valence-corrected chi connectivity index (χ2v) is 5.80. The number of thiophene rings is 1. The number of amides is 1. The third-order valence-electron chi connectivity index (χ3n) is 3.21. The SMILES string of the molecule is O=C(CCc1nc(-c2cccs2)no1)NCc1ccccc1F. The Morgan fingerprint density at radius 3 is 2.91 bits per heavy atom. The van der Waals surface area contributed by atoms with E-state index in [1.807, 2.05) is 17.5 Å². The highest BCUT2D eigenvalue weighted by Crippen LogP contribution is 2.21. The van der Waals surface area contributed by atoms with E-state index in [0.29, 0.717) is 23.7 Å². The zero-order valence-electron chi connectivity index (χ0n) is 12.2. The lowest BCUT2D eigenvalue weighted by Crippen LogP contribution is -2.23. The van der Waals surface area contributed by atoms with E-state index in [1.54, 1.807) is 18.2 Å².